The predicted octanol–water partition coefficient (Wildman–Crippen LogP) is 29.1. The Labute approximate surface area is 831 Å². The summed E-state index contributed by atoms with van der Waals surface area (Å²) in [5, 5.41) is 3.16. The van der Waals surface area contributed by atoms with Gasteiger partial charge in [0.15, 0.2) is 28.9 Å². The Bertz CT molecular complexity index is 6000. The van der Waals surface area contributed by atoms with E-state index < -0.39 is 5.82 Å². The quantitative estimate of drug-likeness (QED) is 0.0286. The van der Waals surface area contributed by atoms with Crippen molar-refractivity contribution in [3.63, 3.8) is 0 Å². The second-order valence-electron chi connectivity index (χ2n) is 33.6. The number of rotatable bonds is 38. The van der Waals surface area contributed by atoms with Gasteiger partial charge in [-0.2, -0.15) is 0 Å². The smallest absolute Gasteiger partial charge is 0.258 e. The van der Waals surface area contributed by atoms with Crippen LogP contribution in [0.25, 0.3) is 0 Å². The molecule has 0 bridgehead atoms. The van der Waals surface area contributed by atoms with Crippen molar-refractivity contribution in [2.24, 2.45) is 0 Å². The van der Waals surface area contributed by atoms with Gasteiger partial charge in [0.25, 0.3) is 17.7 Å². The third-order valence-electron chi connectivity index (χ3n) is 23.3. The summed E-state index contributed by atoms with van der Waals surface area (Å²) in [4.78, 5) is 79.2. The number of Topliss-reactive ketones (excluding diaryl/α,β-unsaturated/α-hetero) is 3. The van der Waals surface area contributed by atoms with E-state index in [-0.39, 0.29) is 116 Å². The second kappa shape index (κ2) is 59.9. The van der Waals surface area contributed by atoms with E-state index in [1.807, 2.05) is 115 Å². The number of ether oxygens (including phenoxy) is 6. The van der Waals surface area contributed by atoms with Crippen LogP contribution in [0.3, 0.4) is 0 Å². The van der Waals surface area contributed by atoms with E-state index >= 15 is 0 Å². The van der Waals surface area contributed by atoms with Crippen LogP contribution < -0.4 is 43.5 Å². The summed E-state index contributed by atoms with van der Waals surface area (Å²) in [6.07, 6.45) is 11.7. The van der Waals surface area contributed by atoms with E-state index in [1.165, 1.54) is 65.7 Å². The fraction of sp³-hybridized carbons (Fsp3) is 0.276. The van der Waals surface area contributed by atoms with Crippen LogP contribution in [0.4, 0.5) is 56.6 Å². The first-order valence-electron chi connectivity index (χ1n) is 46.8. The number of halogens is 10. The number of ketones is 3. The lowest BCUT2D eigenvalue weighted by Gasteiger charge is -2.25. The molecular weight excluding hydrogens is 1850 g/mol. The Morgan fingerprint density at radius 3 is 1.32 bits per heavy atom. The molecule has 0 aromatic heterocycles. The average molecular weight is 1970 g/mol. The van der Waals surface area contributed by atoms with E-state index in [4.69, 9.17) is 40.0 Å². The highest BCUT2D eigenvalue weighted by Crippen LogP contribution is 2.36. The van der Waals surface area contributed by atoms with Crippen LogP contribution in [-0.2, 0) is 25.7 Å². The minimum absolute atomic E-state index is 0.0406. The van der Waals surface area contributed by atoms with Crippen LogP contribution in [0.2, 0.25) is 5.02 Å². The number of amides is 3. The van der Waals surface area contributed by atoms with Gasteiger partial charge in [-0.3, -0.25) is 28.8 Å². The maximum absolute atomic E-state index is 14.0. The zero-order valence-electron chi connectivity index (χ0n) is 81.9. The lowest BCUT2D eigenvalue weighted by Crippen LogP contribution is -2.34. The highest BCUT2D eigenvalue weighted by molar-refractivity contribution is 6.32. The SMILES string of the molecule is CCC(=CF)COc1ccc(C(=O)C[C@H]2CCCc3ccccc32)cc1.CCC(=CF)COc1ccc(C(=O)Cc2ccc(F)cc2)cc1Cl.CCC(=CF)COc1ccc(C(=O)Cc2ccc(F)cc2)cc1F.CCC(=CF)COc1ccc(C(=O)N(C)c2ccc(C)cc2)cc1.CCC(=CF)COc1ccc(C(=O)Nc2cccc(N(C)C)c2)cc1.CCC(=CF)COc1ccc2c(c1)CCN(C)C2=O. The molecule has 3 amide bonds. The molecule has 142 heavy (non-hydrogen) atoms. The molecule has 13 rings (SSSR count). The molecule has 16 nitrogen and oxygen atoms in total. The zero-order chi connectivity index (χ0) is 103. The number of anilines is 3. The van der Waals surface area contributed by atoms with Gasteiger partial charge in [0, 0.05) is 104 Å². The molecule has 748 valence electrons. The number of aryl methyl sites for hydroxylation is 2. The lowest BCUT2D eigenvalue weighted by molar-refractivity contribution is 0.0779. The number of carbonyl (C=O) groups excluding carboxylic acids is 6. The van der Waals surface area contributed by atoms with Gasteiger partial charge in [0.2, 0.25) is 0 Å². The minimum atomic E-state index is -0.686. The molecule has 0 fully saturated rings. The second-order valence-corrected chi connectivity index (χ2v) is 34.0. The fourth-order valence-corrected chi connectivity index (χ4v) is 14.3. The van der Waals surface area contributed by atoms with E-state index in [2.05, 4.69) is 29.6 Å². The standard InChI is InChI=1S/C23H25FO2.C20H23FN2O2.C20H22FNO2.C19H17ClF2O2.C19H17F3O2.C15H18FNO2/c1-2-17(15-24)16-26-21-12-10-19(11-13-21)23(25)14-20-8-5-7-18-6-3-4-9-22(18)20;1-4-15(13-21)14-25-19-10-8-16(9-11-19)20(24)22-17-6-5-7-18(12-17)23(2)3;1-4-16(13-21)14-24-19-11-7-17(8-12-19)20(23)22(3)18-9-5-15(2)6-10-18;1-2-13(11-21)12-24-19-8-5-15(10-17(19)20)18(23)9-14-3-6-16(22)7-4-14;1-2-13(11-20)12-24-19-8-5-15(10-17(19)22)18(23)9-14-3-6-16(21)7-4-14;1-3-11(9-16)10-19-13-4-5-14-12(8-13)6-7-17(2)15(14)18/h3-4,6,9-13,15,20H,2,5,7-8,14,16H2,1H3;5-13H,4,14H2,1-3H3,(H,22,24);5-13H,4,14H2,1-3H3;2*3-8,10-11H,2,9,12H2,1H3;4-5,8-9H,3,6-7,10H2,1-2H3/t20-;;;;;/m1...../s1. The van der Waals surface area contributed by atoms with Crippen LogP contribution in [0, 0.1) is 24.4 Å². The van der Waals surface area contributed by atoms with Crippen molar-refractivity contribution in [2.75, 3.05) is 89.5 Å². The van der Waals surface area contributed by atoms with E-state index in [0.717, 1.165) is 77.6 Å². The highest BCUT2D eigenvalue weighted by Gasteiger charge is 2.26. The topological polar surface area (TPSA) is 180 Å². The zero-order valence-corrected chi connectivity index (χ0v) is 82.6. The Morgan fingerprint density at radius 2 is 0.852 bits per heavy atom. The van der Waals surface area contributed by atoms with Crippen molar-refractivity contribution in [3.05, 3.63) is 409 Å². The summed E-state index contributed by atoms with van der Waals surface area (Å²) in [6, 6.07) is 70.1. The van der Waals surface area contributed by atoms with Gasteiger partial charge in [0.1, 0.15) is 80.0 Å². The summed E-state index contributed by atoms with van der Waals surface area (Å²) in [5.41, 5.74) is 15.3. The summed E-state index contributed by atoms with van der Waals surface area (Å²) < 4.78 is 148. The largest absolute Gasteiger partial charge is 0.489 e. The number of fused-ring (bicyclic) bond motifs is 2. The molecule has 1 aliphatic heterocycles. The van der Waals surface area contributed by atoms with Gasteiger partial charge < -0.3 is 48.4 Å². The number of nitrogens with zero attached hydrogens (tertiary/aromatic N) is 3. The van der Waals surface area contributed by atoms with E-state index in [0.29, 0.717) is 179 Å². The monoisotopic (exact) mass is 1970 g/mol. The van der Waals surface area contributed by atoms with Gasteiger partial charge >= 0.3 is 0 Å². The van der Waals surface area contributed by atoms with Crippen LogP contribution in [-0.4, -0.2) is 114 Å². The highest BCUT2D eigenvalue weighted by atomic mass is 35.5. The molecule has 0 spiro atoms. The van der Waals surface area contributed by atoms with Crippen LogP contribution in [0.5, 0.6) is 34.5 Å². The molecule has 0 radical (unpaired) electrons. The van der Waals surface area contributed by atoms with Gasteiger partial charge in [-0.15, -0.1) is 0 Å². The number of benzene rings is 11. The number of hydrogen-bond acceptors (Lipinski definition) is 13. The van der Waals surface area contributed by atoms with Gasteiger partial charge in [-0.1, -0.05) is 125 Å². The number of hydrogen-bond donors (Lipinski definition) is 1. The first-order valence-corrected chi connectivity index (χ1v) is 47.2. The molecule has 26 heteroatoms. The minimum Gasteiger partial charge on any atom is -0.489 e. The molecule has 11 aromatic rings. The Kier molecular flexibility index (Phi) is 47.6. The molecule has 1 atom stereocenters. The molecule has 11 aromatic carbocycles. The van der Waals surface area contributed by atoms with Crippen molar-refractivity contribution >= 4 is 63.7 Å². The van der Waals surface area contributed by atoms with Gasteiger partial charge in [0.05, 0.1) is 43.0 Å². The van der Waals surface area contributed by atoms with Gasteiger partial charge in [-0.25, -0.2) is 39.5 Å². The molecule has 1 heterocycles. The Morgan fingerprint density at radius 1 is 0.423 bits per heavy atom. The molecular formula is C116H122ClF9N4O12. The summed E-state index contributed by atoms with van der Waals surface area (Å²) in [5.74, 6) is 1.29. The first kappa shape index (κ1) is 113. The van der Waals surface area contributed by atoms with Crippen molar-refractivity contribution in [3.8, 4) is 34.5 Å². The van der Waals surface area contributed by atoms with Crippen molar-refractivity contribution < 1.29 is 96.7 Å². The third kappa shape index (κ3) is 36.6. The summed E-state index contributed by atoms with van der Waals surface area (Å²) >= 11 is 6.13. The summed E-state index contributed by atoms with van der Waals surface area (Å²) in [6.45, 7) is 14.8. The van der Waals surface area contributed by atoms with Crippen molar-refractivity contribution in [1.29, 1.82) is 0 Å². The third-order valence-corrected chi connectivity index (χ3v) is 23.6. The number of carbonyl (C=O) groups is 6. The fourth-order valence-electron chi connectivity index (χ4n) is 14.0. The van der Waals surface area contributed by atoms with Crippen molar-refractivity contribution in [2.45, 2.75) is 138 Å². The average Bonchev–Trinajstić information content (AvgIpc) is 0.807. The maximum atomic E-state index is 14.0. The van der Waals surface area contributed by atoms with E-state index in [1.54, 1.807) is 140 Å². The molecule has 0 unspecified atom stereocenters. The molecule has 0 saturated carbocycles. The van der Waals surface area contributed by atoms with Crippen LogP contribution >= 0.6 is 11.6 Å². The predicted molar refractivity (Wildman–Crippen MR) is 547 cm³/mol. The van der Waals surface area contributed by atoms with Crippen LogP contribution in [0.1, 0.15) is 201 Å². The number of likely N-dealkylation sites (N-methyl/N-ethyl adjacent to an activating group) is 1. The molecule has 0 saturated heterocycles. The Hall–Kier alpha value is -14.5. The van der Waals surface area contributed by atoms with E-state index in [9.17, 15) is 68.3 Å². The molecule has 1 aliphatic carbocycles. The summed E-state index contributed by atoms with van der Waals surface area (Å²) in [7, 11) is 7.44. The first-order chi connectivity index (χ1) is 68.5. The number of nitrogens with one attached hydrogen (secondary N) is 1. The van der Waals surface area contributed by atoms with Gasteiger partial charge in [-0.05, 0) is 320 Å². The lowest BCUT2D eigenvalue weighted by atomic mass is 9.79. The normalized spacial score (nSPS) is 12.9. The van der Waals surface area contributed by atoms with Crippen molar-refractivity contribution in [1.82, 2.24) is 4.90 Å². The molecule has 2 aliphatic rings. The van der Waals surface area contributed by atoms with Crippen LogP contribution in [0.15, 0.2) is 320 Å². The molecule has 1 N–H and O–H groups in total. The Balaban J connectivity index is 0.000000209. The maximum Gasteiger partial charge on any atom is 0.258 e.